The minimum atomic E-state index is -4.74. The first-order valence-corrected chi connectivity index (χ1v) is 9.93. The summed E-state index contributed by atoms with van der Waals surface area (Å²) in [5.41, 5.74) is -0.572. The molecule has 1 N–H and O–H groups in total. The van der Waals surface area contributed by atoms with E-state index in [9.17, 15) is 17.6 Å². The molecule has 0 saturated carbocycles. The lowest BCUT2D eigenvalue weighted by atomic mass is 9.97. The number of H-pyrrole nitrogens is 1. The van der Waals surface area contributed by atoms with E-state index in [4.69, 9.17) is 9.72 Å². The van der Waals surface area contributed by atoms with Gasteiger partial charge in [0.25, 0.3) is 0 Å². The number of benzene rings is 1. The van der Waals surface area contributed by atoms with Crippen molar-refractivity contribution in [2.75, 3.05) is 24.7 Å². The van der Waals surface area contributed by atoms with Gasteiger partial charge >= 0.3 is 6.18 Å². The second kappa shape index (κ2) is 7.59. The Balaban J connectivity index is 1.79. The van der Waals surface area contributed by atoms with Crippen LogP contribution in [0.15, 0.2) is 42.7 Å². The van der Waals surface area contributed by atoms with Crippen molar-refractivity contribution in [3.8, 4) is 16.9 Å². The van der Waals surface area contributed by atoms with Crippen molar-refractivity contribution in [1.29, 1.82) is 0 Å². The van der Waals surface area contributed by atoms with E-state index in [0.29, 0.717) is 48.5 Å². The van der Waals surface area contributed by atoms with Crippen LogP contribution in [0.1, 0.15) is 12.5 Å². The highest BCUT2D eigenvalue weighted by Crippen LogP contribution is 2.41. The van der Waals surface area contributed by atoms with Gasteiger partial charge in [-0.05, 0) is 36.2 Å². The van der Waals surface area contributed by atoms with Crippen molar-refractivity contribution in [2.24, 2.45) is 0 Å². The number of hydrogen-bond acceptors (Lipinski definition) is 5. The van der Waals surface area contributed by atoms with Crippen LogP contribution in [0.2, 0.25) is 0 Å². The Morgan fingerprint density at radius 2 is 2.00 bits per heavy atom. The van der Waals surface area contributed by atoms with Crippen molar-refractivity contribution in [3.05, 3.63) is 54.1 Å². The smallest absolute Gasteiger partial charge is 0.377 e. The van der Waals surface area contributed by atoms with E-state index in [1.807, 2.05) is 11.8 Å². The van der Waals surface area contributed by atoms with Gasteiger partial charge < -0.3 is 9.64 Å². The Hall–Kier alpha value is -3.47. The monoisotopic (exact) mass is 446 g/mol. The van der Waals surface area contributed by atoms with E-state index in [0.717, 1.165) is 12.1 Å². The normalized spacial score (nSPS) is 17.3. The summed E-state index contributed by atoms with van der Waals surface area (Å²) in [5.74, 6) is 0.0457. The molecule has 1 aliphatic rings. The second-order valence-electron chi connectivity index (χ2n) is 7.57. The lowest BCUT2D eigenvalue weighted by Gasteiger charge is -2.34. The van der Waals surface area contributed by atoms with Crippen molar-refractivity contribution < 1.29 is 22.3 Å². The van der Waals surface area contributed by atoms with E-state index in [1.165, 1.54) is 10.9 Å². The van der Waals surface area contributed by atoms with Crippen LogP contribution in [0.5, 0.6) is 0 Å². The summed E-state index contributed by atoms with van der Waals surface area (Å²) in [6.45, 7) is 3.44. The summed E-state index contributed by atoms with van der Waals surface area (Å²) in [5, 5.41) is 11.4. The topological polar surface area (TPSA) is 71.9 Å². The third-order valence-electron chi connectivity index (χ3n) is 5.48. The Labute approximate surface area is 179 Å². The Bertz CT molecular complexity index is 1270. The molecule has 32 heavy (non-hydrogen) atoms. The standard InChI is InChI=1S/C21H18F4N6O/c1-12-11-32-7-6-30(12)19-9-15(14-3-2-13(22)8-17(14)21(23,24)25)16-10-27-31(20(16)28-19)18-4-5-26-29-18/h2-5,8-10,12H,6-7,11H2,1H3,(H,26,29)/t12-/m1/s1. The molecule has 0 spiro atoms. The van der Waals surface area contributed by atoms with Crippen LogP contribution >= 0.6 is 0 Å². The molecule has 1 fully saturated rings. The number of nitrogens with zero attached hydrogens (tertiary/aromatic N) is 5. The maximum atomic E-state index is 13.8. The van der Waals surface area contributed by atoms with Gasteiger partial charge in [0.2, 0.25) is 0 Å². The highest BCUT2D eigenvalue weighted by Gasteiger charge is 2.35. The number of halogens is 4. The summed E-state index contributed by atoms with van der Waals surface area (Å²) in [4.78, 5) is 6.71. The van der Waals surface area contributed by atoms with Crippen LogP contribution in [0.4, 0.5) is 23.4 Å². The number of fused-ring (bicyclic) bond motifs is 1. The molecule has 0 aliphatic carbocycles. The molecular weight excluding hydrogens is 428 g/mol. The van der Waals surface area contributed by atoms with Gasteiger partial charge in [-0.1, -0.05) is 6.07 Å². The van der Waals surface area contributed by atoms with Gasteiger partial charge in [-0.15, -0.1) is 0 Å². The molecule has 1 atom stereocenters. The third kappa shape index (κ3) is 3.48. The molecule has 166 valence electrons. The molecule has 1 aliphatic heterocycles. The van der Waals surface area contributed by atoms with Gasteiger partial charge in [0, 0.05) is 18.0 Å². The average Bonchev–Trinajstić information content (AvgIpc) is 3.42. The summed E-state index contributed by atoms with van der Waals surface area (Å²) in [6, 6.07) is 5.93. The van der Waals surface area contributed by atoms with Crippen LogP contribution < -0.4 is 4.90 Å². The number of alkyl halides is 3. The molecule has 5 rings (SSSR count). The highest BCUT2D eigenvalue weighted by atomic mass is 19.4. The molecule has 0 radical (unpaired) electrons. The maximum absolute atomic E-state index is 13.8. The first-order valence-electron chi connectivity index (χ1n) is 9.93. The second-order valence-corrected chi connectivity index (χ2v) is 7.57. The predicted molar refractivity (Wildman–Crippen MR) is 109 cm³/mol. The van der Waals surface area contributed by atoms with Gasteiger partial charge in [0.1, 0.15) is 11.6 Å². The lowest BCUT2D eigenvalue weighted by Crippen LogP contribution is -2.44. The molecule has 0 bridgehead atoms. The summed E-state index contributed by atoms with van der Waals surface area (Å²) < 4.78 is 62.2. The maximum Gasteiger partial charge on any atom is 0.417 e. The number of aromatic nitrogens is 5. The zero-order chi connectivity index (χ0) is 22.5. The predicted octanol–water partition coefficient (Wildman–Crippen LogP) is 4.19. The van der Waals surface area contributed by atoms with Crippen molar-refractivity contribution in [2.45, 2.75) is 19.1 Å². The number of pyridine rings is 1. The minimum Gasteiger partial charge on any atom is -0.377 e. The number of rotatable bonds is 3. The zero-order valence-corrected chi connectivity index (χ0v) is 16.9. The van der Waals surface area contributed by atoms with Crippen LogP contribution in [0.3, 0.4) is 0 Å². The van der Waals surface area contributed by atoms with Gasteiger partial charge in [0.15, 0.2) is 11.5 Å². The largest absolute Gasteiger partial charge is 0.417 e. The fourth-order valence-electron chi connectivity index (χ4n) is 3.95. The molecule has 4 heterocycles. The molecule has 11 heteroatoms. The van der Waals surface area contributed by atoms with E-state index < -0.39 is 17.6 Å². The average molecular weight is 446 g/mol. The fourth-order valence-corrected chi connectivity index (χ4v) is 3.95. The van der Waals surface area contributed by atoms with Crippen LogP contribution in [0.25, 0.3) is 28.0 Å². The van der Waals surface area contributed by atoms with Crippen LogP contribution in [-0.2, 0) is 10.9 Å². The first-order chi connectivity index (χ1) is 15.3. The summed E-state index contributed by atoms with van der Waals surface area (Å²) >= 11 is 0. The molecule has 0 unspecified atom stereocenters. The Morgan fingerprint density at radius 1 is 1.16 bits per heavy atom. The van der Waals surface area contributed by atoms with E-state index in [-0.39, 0.29) is 17.2 Å². The van der Waals surface area contributed by atoms with Crippen molar-refractivity contribution >= 4 is 16.9 Å². The summed E-state index contributed by atoms with van der Waals surface area (Å²) in [7, 11) is 0. The quantitative estimate of drug-likeness (QED) is 0.478. The van der Waals surface area contributed by atoms with E-state index in [1.54, 1.807) is 18.3 Å². The number of nitrogens with one attached hydrogen (secondary N) is 1. The van der Waals surface area contributed by atoms with Crippen LogP contribution in [-0.4, -0.2) is 50.8 Å². The van der Waals surface area contributed by atoms with Gasteiger partial charge in [-0.3, -0.25) is 5.10 Å². The number of hydrogen-bond donors (Lipinski definition) is 1. The molecule has 1 saturated heterocycles. The van der Waals surface area contributed by atoms with Crippen LogP contribution in [0, 0.1) is 5.82 Å². The molecular formula is C21H18F4N6O. The molecule has 7 nitrogen and oxygen atoms in total. The third-order valence-corrected chi connectivity index (χ3v) is 5.48. The highest BCUT2D eigenvalue weighted by molar-refractivity contribution is 5.96. The number of morpholine rings is 1. The first kappa shape index (κ1) is 20.4. The lowest BCUT2D eigenvalue weighted by molar-refractivity contribution is -0.137. The molecule has 0 amide bonds. The number of ether oxygens (including phenoxy) is 1. The van der Waals surface area contributed by atoms with Gasteiger partial charge in [0.05, 0.1) is 37.2 Å². The van der Waals surface area contributed by atoms with Gasteiger partial charge in [-0.2, -0.15) is 28.1 Å². The Kier molecular flexibility index (Phi) is 4.85. The van der Waals surface area contributed by atoms with E-state index in [2.05, 4.69) is 15.3 Å². The number of aromatic amines is 1. The van der Waals surface area contributed by atoms with Crippen molar-refractivity contribution in [3.63, 3.8) is 0 Å². The molecule has 4 aromatic rings. The summed E-state index contributed by atoms with van der Waals surface area (Å²) in [6.07, 6.45) is -1.74. The van der Waals surface area contributed by atoms with E-state index >= 15 is 0 Å². The number of anilines is 1. The molecule has 1 aromatic carbocycles. The van der Waals surface area contributed by atoms with Gasteiger partial charge in [-0.25, -0.2) is 9.37 Å². The van der Waals surface area contributed by atoms with Crippen molar-refractivity contribution in [1.82, 2.24) is 25.0 Å². The Morgan fingerprint density at radius 3 is 2.72 bits per heavy atom. The SMILES string of the molecule is C[C@@H]1COCCN1c1cc(-c2ccc(F)cc2C(F)(F)F)c2cnn(-c3ccn[nH]3)c2n1. The fraction of sp³-hybridized carbons (Fsp3) is 0.286. The minimum absolute atomic E-state index is 0.0274. The zero-order valence-electron chi connectivity index (χ0n) is 16.9. The molecule has 3 aromatic heterocycles.